The molecule has 76 valence electrons. The van der Waals surface area contributed by atoms with Crippen molar-refractivity contribution < 1.29 is 0 Å². The van der Waals surface area contributed by atoms with Crippen LogP contribution in [0.1, 0.15) is 0 Å². The maximum atomic E-state index is 4.08. The monoisotopic (exact) mass is 245 g/mol. The molecule has 1 aliphatic carbocycles. The van der Waals surface area contributed by atoms with E-state index in [1.165, 1.54) is 16.7 Å². The largest absolute Gasteiger partial charge is 0.263 e. The minimum Gasteiger partial charge on any atom is -0.263 e. The number of fused-ring (bicyclic) bond motifs is 1. The average Bonchev–Trinajstić information content (AvgIpc) is 2.43. The van der Waals surface area contributed by atoms with Gasteiger partial charge in [0.05, 0.1) is 0 Å². The molecular weight excluding hydrogens is 233 g/mol. The predicted molar refractivity (Wildman–Crippen MR) is 70.8 cm³/mol. The van der Waals surface area contributed by atoms with Gasteiger partial charge < -0.3 is 0 Å². The van der Waals surface area contributed by atoms with E-state index in [-0.39, 0.29) is 33.2 Å². The minimum absolute atomic E-state index is 0. The van der Waals surface area contributed by atoms with Crippen molar-refractivity contribution in [2.24, 2.45) is 4.99 Å². The summed E-state index contributed by atoms with van der Waals surface area (Å²) in [5.41, 5.74) is 6.26. The fourth-order valence-corrected chi connectivity index (χ4v) is 2.24. The number of rotatable bonds is 1. The van der Waals surface area contributed by atoms with Crippen LogP contribution in [0.5, 0.6) is 0 Å². The van der Waals surface area contributed by atoms with Gasteiger partial charge in [0.25, 0.3) is 0 Å². The van der Waals surface area contributed by atoms with Crippen LogP contribution < -0.4 is 0 Å². The van der Waals surface area contributed by atoms with Gasteiger partial charge in [0, 0.05) is 32.0 Å². The molecule has 0 bridgehead atoms. The molecule has 0 aromatic heterocycles. The Morgan fingerprint density at radius 2 is 1.86 bits per heavy atom. The molecule has 1 aliphatic heterocycles. The van der Waals surface area contributed by atoms with Crippen molar-refractivity contribution >= 4 is 45.1 Å². The van der Waals surface area contributed by atoms with Crippen molar-refractivity contribution in [3.05, 3.63) is 35.1 Å². The molecule has 0 unspecified atom stereocenters. The van der Waals surface area contributed by atoms with E-state index in [9.17, 15) is 0 Å². The van der Waals surface area contributed by atoms with E-state index in [1.54, 1.807) is 0 Å². The van der Waals surface area contributed by atoms with Gasteiger partial charge in [-0.1, -0.05) is 18.8 Å². The van der Waals surface area contributed by atoms with E-state index in [4.69, 9.17) is 0 Å². The zero-order valence-electron chi connectivity index (χ0n) is 8.15. The van der Waals surface area contributed by atoms with Gasteiger partial charge in [-0.2, -0.15) is 0 Å². The molecule has 0 N–H and O–H groups in total. The first-order chi connectivity index (χ1) is 5.75. The first kappa shape index (κ1) is 13.6. The lowest BCUT2D eigenvalue weighted by molar-refractivity contribution is 1.60. The normalized spacial score (nSPS) is 15.7. The fraction of sp³-hybridized carbons (Fsp3) is 0.200. The van der Waals surface area contributed by atoms with Crippen molar-refractivity contribution in [1.29, 1.82) is 0 Å². The third-order valence-electron chi connectivity index (χ3n) is 1.86. The molecule has 0 radical (unpaired) electrons. The topological polar surface area (TPSA) is 12.4 Å². The quantitative estimate of drug-likeness (QED) is 0.631. The zero-order chi connectivity index (χ0) is 8.55. The molecule has 1 nitrogen and oxygen atoms in total. The molecule has 2 rings (SSSR count). The van der Waals surface area contributed by atoms with Crippen molar-refractivity contribution in [2.75, 3.05) is 0 Å². The first-order valence-corrected chi connectivity index (χ1v) is 6.65. The van der Waals surface area contributed by atoms with Crippen molar-refractivity contribution in [3.8, 4) is 0 Å². The summed E-state index contributed by atoms with van der Waals surface area (Å²) in [4.78, 5) is 4.08. The van der Waals surface area contributed by atoms with Gasteiger partial charge in [0.15, 0.2) is 0 Å². The summed E-state index contributed by atoms with van der Waals surface area (Å²) in [5.74, 6) is 0. The molecule has 0 aromatic rings. The number of aliphatic imine (C=N–C) groups is 1. The highest BCUT2D eigenvalue weighted by atomic mass is 35.5. The van der Waals surface area contributed by atoms with Crippen LogP contribution in [0.4, 0.5) is 0 Å². The number of halogens is 2. The summed E-state index contributed by atoms with van der Waals surface area (Å²) in [7, 11) is -0.257. The molecule has 0 saturated heterocycles. The van der Waals surface area contributed by atoms with Crippen LogP contribution in [-0.2, 0) is 0 Å². The third-order valence-corrected chi connectivity index (χ3v) is 2.77. The van der Waals surface area contributed by atoms with Crippen LogP contribution in [0.15, 0.2) is 40.1 Å². The summed E-state index contributed by atoms with van der Waals surface area (Å²) in [6, 6.07) is 0. The second kappa shape index (κ2) is 5.44. The van der Waals surface area contributed by atoms with E-state index in [0.29, 0.717) is 0 Å². The van der Waals surface area contributed by atoms with Gasteiger partial charge in [-0.05, 0) is 17.7 Å². The van der Waals surface area contributed by atoms with E-state index in [2.05, 4.69) is 35.9 Å². The SMILES string of the molecule is C[Si](C)=CC1=CC2=CN=CC2=C1.Cl.Cl. The van der Waals surface area contributed by atoms with Crippen LogP contribution >= 0.6 is 24.8 Å². The second-order valence-electron chi connectivity index (χ2n) is 3.33. The molecule has 1 heterocycles. The van der Waals surface area contributed by atoms with Crippen LogP contribution in [0.25, 0.3) is 0 Å². The average molecular weight is 246 g/mol. The molecule has 4 heteroatoms. The highest BCUT2D eigenvalue weighted by Crippen LogP contribution is 2.24. The summed E-state index contributed by atoms with van der Waals surface area (Å²) in [5, 5.41) is 0. The summed E-state index contributed by atoms with van der Waals surface area (Å²) >= 11 is 0. The second-order valence-corrected chi connectivity index (χ2v) is 5.77. The predicted octanol–water partition coefficient (Wildman–Crippen LogP) is 2.80. The van der Waals surface area contributed by atoms with Crippen molar-refractivity contribution in [3.63, 3.8) is 0 Å². The number of hydrogen-bond donors (Lipinski definition) is 0. The first-order valence-electron chi connectivity index (χ1n) is 4.08. The van der Waals surface area contributed by atoms with Crippen LogP contribution in [-0.4, -0.2) is 20.3 Å². The Morgan fingerprint density at radius 3 is 2.43 bits per heavy atom. The highest BCUT2D eigenvalue weighted by molar-refractivity contribution is 6.66. The third kappa shape index (κ3) is 2.77. The Kier molecular flexibility index (Phi) is 5.27. The Labute approximate surface area is 98.4 Å². The zero-order valence-corrected chi connectivity index (χ0v) is 10.8. The van der Waals surface area contributed by atoms with Crippen molar-refractivity contribution in [2.45, 2.75) is 13.1 Å². The van der Waals surface area contributed by atoms with Gasteiger partial charge in [0.2, 0.25) is 0 Å². The lowest BCUT2D eigenvalue weighted by atomic mass is 10.2. The summed E-state index contributed by atoms with van der Waals surface area (Å²) in [6.07, 6.45) is 8.26. The molecule has 0 atom stereocenters. The molecule has 2 aliphatic rings. The molecule has 0 amide bonds. The molecule has 14 heavy (non-hydrogen) atoms. The Hall–Kier alpha value is -0.443. The summed E-state index contributed by atoms with van der Waals surface area (Å²) in [6.45, 7) is 4.58. The molecule has 0 aromatic carbocycles. The minimum atomic E-state index is -0.257. The van der Waals surface area contributed by atoms with E-state index >= 15 is 0 Å². The molecule has 0 saturated carbocycles. The highest BCUT2D eigenvalue weighted by Gasteiger charge is 2.11. The Balaban J connectivity index is 0.000000845. The van der Waals surface area contributed by atoms with Gasteiger partial charge in [-0.3, -0.25) is 4.99 Å². The smallest absolute Gasteiger partial charge is 0.0347 e. The van der Waals surface area contributed by atoms with Crippen LogP contribution in [0.2, 0.25) is 13.1 Å². The van der Waals surface area contributed by atoms with Crippen LogP contribution in [0.3, 0.4) is 0 Å². The number of hydrogen-bond acceptors (Lipinski definition) is 1. The lowest BCUT2D eigenvalue weighted by Crippen LogP contribution is -1.92. The maximum absolute atomic E-state index is 4.08. The number of nitrogens with zero attached hydrogens (tertiary/aromatic N) is 1. The van der Waals surface area contributed by atoms with E-state index < -0.39 is 0 Å². The fourth-order valence-electron chi connectivity index (χ4n) is 1.41. The molecule has 0 spiro atoms. The van der Waals surface area contributed by atoms with E-state index in [0.717, 1.165) is 0 Å². The Bertz CT molecular complexity index is 372. The summed E-state index contributed by atoms with van der Waals surface area (Å²) < 4.78 is 0. The van der Waals surface area contributed by atoms with Gasteiger partial charge in [-0.15, -0.1) is 24.8 Å². The van der Waals surface area contributed by atoms with Crippen LogP contribution in [0, 0.1) is 0 Å². The standard InChI is InChI=1S/C10H11NSi.2ClH/c1-12(2)7-8-3-9-5-11-6-10(9)4-8;;/h3-7H,1-2H3;2*1H. The van der Waals surface area contributed by atoms with Gasteiger partial charge in [-0.25, -0.2) is 0 Å². The lowest BCUT2D eigenvalue weighted by Gasteiger charge is -1.88. The van der Waals surface area contributed by atoms with Gasteiger partial charge in [0.1, 0.15) is 0 Å². The van der Waals surface area contributed by atoms with Crippen molar-refractivity contribution in [1.82, 2.24) is 0 Å². The molecule has 0 fully saturated rings. The Morgan fingerprint density at radius 1 is 1.14 bits per heavy atom. The molecular formula is C10H13Cl2NSi. The maximum Gasteiger partial charge on any atom is 0.0347 e. The van der Waals surface area contributed by atoms with Gasteiger partial charge >= 0.3 is 0 Å². The van der Waals surface area contributed by atoms with E-state index in [1.807, 2.05) is 12.4 Å². The number of allylic oxidation sites excluding steroid dienone is 5.